The average molecular weight is 336 g/mol. The first-order valence-electron chi connectivity index (χ1n) is 7.07. The van der Waals surface area contributed by atoms with Gasteiger partial charge in [-0.2, -0.15) is 4.31 Å². The maximum absolute atomic E-state index is 12.7. The molecule has 5 nitrogen and oxygen atoms in total. The lowest BCUT2D eigenvalue weighted by Crippen LogP contribution is -2.36. The summed E-state index contributed by atoms with van der Waals surface area (Å²) in [5.74, 6) is 0.00767. The first-order valence-corrected chi connectivity index (χ1v) is 9.39. The van der Waals surface area contributed by atoms with Crippen LogP contribution in [-0.2, 0) is 10.0 Å². The van der Waals surface area contributed by atoms with Crippen LogP contribution in [0.5, 0.6) is 0 Å². The van der Waals surface area contributed by atoms with Crippen LogP contribution in [0.25, 0.3) is 0 Å². The molecule has 3 rings (SSSR count). The number of Topliss-reactive ketones (excluding diaryl/α,β-unsaturated/α-hetero) is 1. The van der Waals surface area contributed by atoms with Crippen LogP contribution in [0.2, 0.25) is 0 Å². The zero-order chi connectivity index (χ0) is 15.6. The molecule has 0 bridgehead atoms. The summed E-state index contributed by atoms with van der Waals surface area (Å²) in [6, 6.07) is 6.49. The number of hydrogen-bond donors (Lipinski definition) is 0. The third-order valence-corrected chi connectivity index (χ3v) is 6.63. The Balaban J connectivity index is 1.80. The minimum absolute atomic E-state index is 0.00767. The van der Waals surface area contributed by atoms with E-state index in [2.05, 4.69) is 4.98 Å². The van der Waals surface area contributed by atoms with Gasteiger partial charge in [-0.3, -0.25) is 9.78 Å². The number of rotatable bonds is 5. The summed E-state index contributed by atoms with van der Waals surface area (Å²) in [6.07, 6.45) is 4.63. The Morgan fingerprint density at radius 1 is 1.36 bits per heavy atom. The molecule has 1 saturated heterocycles. The predicted molar refractivity (Wildman–Crippen MR) is 84.4 cm³/mol. The summed E-state index contributed by atoms with van der Waals surface area (Å²) < 4.78 is 26.8. The Morgan fingerprint density at radius 2 is 2.23 bits per heavy atom. The van der Waals surface area contributed by atoms with Gasteiger partial charge in [0.15, 0.2) is 5.78 Å². The van der Waals surface area contributed by atoms with E-state index in [-0.39, 0.29) is 23.1 Å². The fourth-order valence-corrected chi connectivity index (χ4v) is 5.05. The predicted octanol–water partition coefficient (Wildman–Crippen LogP) is 2.57. The second-order valence-corrected chi connectivity index (χ2v) is 8.04. The van der Waals surface area contributed by atoms with Crippen molar-refractivity contribution in [2.45, 2.75) is 30.2 Å². The summed E-state index contributed by atoms with van der Waals surface area (Å²) in [6.45, 7) is 0.458. The molecule has 0 aliphatic carbocycles. The zero-order valence-corrected chi connectivity index (χ0v) is 13.5. The Bertz CT molecular complexity index is 742. The maximum atomic E-state index is 12.7. The van der Waals surface area contributed by atoms with Crippen molar-refractivity contribution in [2.24, 2.45) is 0 Å². The molecule has 0 amide bonds. The van der Waals surface area contributed by atoms with E-state index in [4.69, 9.17) is 0 Å². The summed E-state index contributed by atoms with van der Waals surface area (Å²) >= 11 is 1.39. The Labute approximate surface area is 133 Å². The van der Waals surface area contributed by atoms with Gasteiger partial charge in [-0.15, -0.1) is 11.3 Å². The molecule has 0 N–H and O–H groups in total. The molecule has 2 aromatic rings. The lowest BCUT2D eigenvalue weighted by atomic mass is 10.1. The van der Waals surface area contributed by atoms with E-state index in [1.165, 1.54) is 21.8 Å². The van der Waals surface area contributed by atoms with Crippen LogP contribution in [0.3, 0.4) is 0 Å². The monoisotopic (exact) mass is 336 g/mol. The summed E-state index contributed by atoms with van der Waals surface area (Å²) in [7, 11) is -3.58. The Morgan fingerprint density at radius 3 is 2.91 bits per heavy atom. The molecule has 0 unspecified atom stereocenters. The van der Waals surface area contributed by atoms with Gasteiger partial charge in [0.2, 0.25) is 10.0 Å². The quantitative estimate of drug-likeness (QED) is 0.787. The maximum Gasteiger partial charge on any atom is 0.244 e. The smallest absolute Gasteiger partial charge is 0.244 e. The van der Waals surface area contributed by atoms with E-state index in [0.29, 0.717) is 11.4 Å². The van der Waals surface area contributed by atoms with Crippen molar-refractivity contribution in [3.63, 3.8) is 0 Å². The van der Waals surface area contributed by atoms with Crippen molar-refractivity contribution in [1.82, 2.24) is 9.29 Å². The summed E-state index contributed by atoms with van der Waals surface area (Å²) in [4.78, 5) is 17.0. The third kappa shape index (κ3) is 2.97. The lowest BCUT2D eigenvalue weighted by Gasteiger charge is -2.23. The third-order valence-electron chi connectivity index (χ3n) is 3.78. The SMILES string of the molecule is O=C(C[C@H]1CCCN1S(=O)(=O)c1cccnc1)c1cccs1. The number of thiophene rings is 1. The van der Waals surface area contributed by atoms with E-state index in [0.717, 1.165) is 12.8 Å². The molecule has 0 aromatic carbocycles. The number of nitrogens with zero attached hydrogens (tertiary/aromatic N) is 2. The van der Waals surface area contributed by atoms with Crippen LogP contribution in [0.15, 0.2) is 46.9 Å². The largest absolute Gasteiger partial charge is 0.293 e. The highest BCUT2D eigenvalue weighted by atomic mass is 32.2. The van der Waals surface area contributed by atoms with E-state index < -0.39 is 10.0 Å². The molecule has 22 heavy (non-hydrogen) atoms. The van der Waals surface area contributed by atoms with Crippen LogP contribution in [0.4, 0.5) is 0 Å². The molecular weight excluding hydrogens is 320 g/mol. The van der Waals surface area contributed by atoms with Gasteiger partial charge < -0.3 is 0 Å². The number of pyridine rings is 1. The first kappa shape index (κ1) is 15.3. The Hall–Kier alpha value is -1.57. The van der Waals surface area contributed by atoms with Crippen molar-refractivity contribution in [3.8, 4) is 0 Å². The molecule has 1 aliphatic heterocycles. The van der Waals surface area contributed by atoms with Crippen molar-refractivity contribution in [3.05, 3.63) is 46.9 Å². The molecule has 2 aromatic heterocycles. The van der Waals surface area contributed by atoms with Gasteiger partial charge in [0.1, 0.15) is 4.90 Å². The number of hydrogen-bond acceptors (Lipinski definition) is 5. The highest BCUT2D eigenvalue weighted by Gasteiger charge is 2.36. The molecule has 7 heteroatoms. The fraction of sp³-hybridized carbons (Fsp3) is 0.333. The van der Waals surface area contributed by atoms with Crippen LogP contribution < -0.4 is 0 Å². The van der Waals surface area contributed by atoms with Crippen molar-refractivity contribution >= 4 is 27.1 Å². The molecule has 1 aliphatic rings. The van der Waals surface area contributed by atoms with Gasteiger partial charge in [-0.05, 0) is 36.4 Å². The van der Waals surface area contributed by atoms with E-state index in [1.54, 1.807) is 24.4 Å². The second kappa shape index (κ2) is 6.28. The van der Waals surface area contributed by atoms with Gasteiger partial charge in [-0.25, -0.2) is 8.42 Å². The lowest BCUT2D eigenvalue weighted by molar-refractivity contribution is 0.0965. The average Bonchev–Trinajstić information content (AvgIpc) is 3.19. The van der Waals surface area contributed by atoms with E-state index >= 15 is 0 Å². The Kier molecular flexibility index (Phi) is 4.37. The first-order chi connectivity index (χ1) is 10.6. The molecule has 1 atom stereocenters. The minimum Gasteiger partial charge on any atom is -0.293 e. The van der Waals surface area contributed by atoms with Crippen LogP contribution >= 0.6 is 11.3 Å². The number of ketones is 1. The highest BCUT2D eigenvalue weighted by Crippen LogP contribution is 2.28. The van der Waals surface area contributed by atoms with Gasteiger partial charge in [-0.1, -0.05) is 6.07 Å². The van der Waals surface area contributed by atoms with Crippen LogP contribution in [-0.4, -0.2) is 36.1 Å². The number of aromatic nitrogens is 1. The standard InChI is InChI=1S/C15H16N2O3S2/c18-14(15-6-3-9-21-15)10-12-4-2-8-17(12)22(19,20)13-5-1-7-16-11-13/h1,3,5-7,9,11-12H,2,4,8,10H2/t12-/m1/s1. The number of carbonyl (C=O) groups is 1. The summed E-state index contributed by atoms with van der Waals surface area (Å²) in [5.41, 5.74) is 0. The number of sulfonamides is 1. The van der Waals surface area contributed by atoms with Crippen LogP contribution in [0, 0.1) is 0 Å². The van der Waals surface area contributed by atoms with E-state index in [9.17, 15) is 13.2 Å². The minimum atomic E-state index is -3.58. The summed E-state index contributed by atoms with van der Waals surface area (Å²) in [5, 5.41) is 1.85. The second-order valence-electron chi connectivity index (χ2n) is 5.21. The molecular formula is C15H16N2O3S2. The molecule has 0 radical (unpaired) electrons. The molecule has 1 fully saturated rings. The highest BCUT2D eigenvalue weighted by molar-refractivity contribution is 7.89. The zero-order valence-electron chi connectivity index (χ0n) is 11.9. The molecule has 116 valence electrons. The van der Waals surface area contributed by atoms with Gasteiger partial charge in [0, 0.05) is 31.4 Å². The van der Waals surface area contributed by atoms with Gasteiger partial charge in [0.25, 0.3) is 0 Å². The fourth-order valence-electron chi connectivity index (χ4n) is 2.72. The molecule has 0 spiro atoms. The van der Waals surface area contributed by atoms with Crippen molar-refractivity contribution in [1.29, 1.82) is 0 Å². The molecule has 3 heterocycles. The van der Waals surface area contributed by atoms with Gasteiger partial charge in [0.05, 0.1) is 4.88 Å². The van der Waals surface area contributed by atoms with Crippen LogP contribution in [0.1, 0.15) is 28.9 Å². The number of carbonyl (C=O) groups excluding carboxylic acids is 1. The normalized spacial score (nSPS) is 19.4. The van der Waals surface area contributed by atoms with Gasteiger partial charge >= 0.3 is 0 Å². The van der Waals surface area contributed by atoms with E-state index in [1.807, 2.05) is 11.4 Å². The molecule has 0 saturated carbocycles. The van der Waals surface area contributed by atoms with Crippen molar-refractivity contribution in [2.75, 3.05) is 6.54 Å². The van der Waals surface area contributed by atoms with Crippen molar-refractivity contribution < 1.29 is 13.2 Å². The topological polar surface area (TPSA) is 67.3 Å².